The topological polar surface area (TPSA) is 102 Å². The van der Waals surface area contributed by atoms with Gasteiger partial charge < -0.3 is 20.7 Å². The van der Waals surface area contributed by atoms with Crippen LogP contribution in [0.15, 0.2) is 30.3 Å². The van der Waals surface area contributed by atoms with E-state index < -0.39 is 18.0 Å². The number of esters is 1. The summed E-state index contributed by atoms with van der Waals surface area (Å²) < 4.78 is 5.01. The Bertz CT molecular complexity index is 568. The Hall–Kier alpha value is -2.57. The summed E-state index contributed by atoms with van der Waals surface area (Å²) in [5.74, 6) is -1.41. The molecule has 1 aliphatic heterocycles. The highest BCUT2D eigenvalue weighted by Gasteiger charge is 2.30. The van der Waals surface area contributed by atoms with Crippen LogP contribution in [0.25, 0.3) is 0 Å². The summed E-state index contributed by atoms with van der Waals surface area (Å²) in [4.78, 5) is 36.7. The van der Waals surface area contributed by atoms with Crippen LogP contribution in [0.1, 0.15) is 19.8 Å². The van der Waals surface area contributed by atoms with Gasteiger partial charge in [-0.1, -0.05) is 18.2 Å². The number of ether oxygens (including phenoxy) is 1. The number of likely N-dealkylation sites (tertiary alicyclic amines) is 1. The van der Waals surface area contributed by atoms with Crippen molar-refractivity contribution in [2.75, 3.05) is 18.4 Å². The number of rotatable bonds is 4. The quantitative estimate of drug-likeness (QED) is 0.818. The van der Waals surface area contributed by atoms with Gasteiger partial charge in [0.1, 0.15) is 0 Å². The van der Waals surface area contributed by atoms with Crippen molar-refractivity contribution in [3.05, 3.63) is 30.3 Å². The van der Waals surface area contributed by atoms with Crippen LogP contribution in [0.5, 0.6) is 0 Å². The second-order valence-corrected chi connectivity index (χ2v) is 5.54. The normalized spacial score (nSPS) is 16.5. The number of urea groups is 1. The van der Waals surface area contributed by atoms with Crippen LogP contribution in [0.4, 0.5) is 10.5 Å². The lowest BCUT2D eigenvalue weighted by molar-refractivity contribution is -0.159. The molecule has 1 aromatic rings. The summed E-state index contributed by atoms with van der Waals surface area (Å²) in [6.07, 6.45) is 0.0842. The molecular formula is C16H21N3O4. The van der Waals surface area contributed by atoms with Crippen LogP contribution in [0.2, 0.25) is 0 Å². The molecule has 0 radical (unpaired) electrons. The lowest BCUT2D eigenvalue weighted by Gasteiger charge is -2.31. The summed E-state index contributed by atoms with van der Waals surface area (Å²) >= 11 is 0. The van der Waals surface area contributed by atoms with Gasteiger partial charge in [-0.15, -0.1) is 0 Å². The number of carbonyl (C=O) groups excluding carboxylic acids is 3. The molecule has 0 unspecified atom stereocenters. The first-order chi connectivity index (χ1) is 11.0. The summed E-state index contributed by atoms with van der Waals surface area (Å²) in [5.41, 5.74) is 5.80. The van der Waals surface area contributed by atoms with Crippen LogP contribution in [-0.4, -0.2) is 42.0 Å². The third-order valence-corrected chi connectivity index (χ3v) is 3.83. The number of primary amides is 1. The van der Waals surface area contributed by atoms with Crippen molar-refractivity contribution in [3.8, 4) is 0 Å². The van der Waals surface area contributed by atoms with Gasteiger partial charge >= 0.3 is 12.0 Å². The van der Waals surface area contributed by atoms with Crippen LogP contribution in [-0.2, 0) is 14.3 Å². The maximum Gasteiger partial charge on any atom is 0.321 e. The van der Waals surface area contributed by atoms with Crippen molar-refractivity contribution in [1.82, 2.24) is 4.90 Å². The molecular weight excluding hydrogens is 298 g/mol. The first-order valence-corrected chi connectivity index (χ1v) is 7.58. The molecule has 23 heavy (non-hydrogen) atoms. The fourth-order valence-electron chi connectivity index (χ4n) is 2.37. The van der Waals surface area contributed by atoms with Gasteiger partial charge in [-0.2, -0.15) is 0 Å². The molecule has 0 bridgehead atoms. The van der Waals surface area contributed by atoms with Crippen LogP contribution in [0.3, 0.4) is 0 Å². The number of anilines is 1. The van der Waals surface area contributed by atoms with E-state index in [4.69, 9.17) is 10.5 Å². The van der Waals surface area contributed by atoms with Crippen molar-refractivity contribution >= 4 is 23.6 Å². The van der Waals surface area contributed by atoms with E-state index in [0.29, 0.717) is 25.9 Å². The molecule has 2 rings (SSSR count). The van der Waals surface area contributed by atoms with E-state index in [9.17, 15) is 14.4 Å². The molecule has 1 heterocycles. The van der Waals surface area contributed by atoms with Gasteiger partial charge in [-0.05, 0) is 31.9 Å². The molecule has 0 aromatic heterocycles. The number of nitrogens with one attached hydrogen (secondary N) is 1. The maximum atomic E-state index is 12.1. The molecule has 1 aromatic carbocycles. The molecule has 7 nitrogen and oxygen atoms in total. The maximum absolute atomic E-state index is 12.1. The number of amides is 3. The lowest BCUT2D eigenvalue weighted by atomic mass is 9.97. The molecule has 0 spiro atoms. The number of benzene rings is 1. The zero-order valence-corrected chi connectivity index (χ0v) is 13.0. The summed E-state index contributed by atoms with van der Waals surface area (Å²) in [6.45, 7) is 2.37. The van der Waals surface area contributed by atoms with Crippen molar-refractivity contribution < 1.29 is 19.1 Å². The van der Waals surface area contributed by atoms with E-state index in [1.807, 2.05) is 30.3 Å². The molecule has 0 aliphatic carbocycles. The van der Waals surface area contributed by atoms with Crippen molar-refractivity contribution in [2.24, 2.45) is 11.7 Å². The molecule has 3 amide bonds. The van der Waals surface area contributed by atoms with E-state index in [0.717, 1.165) is 5.69 Å². The van der Waals surface area contributed by atoms with Crippen LogP contribution in [0, 0.1) is 5.92 Å². The van der Waals surface area contributed by atoms with Crippen molar-refractivity contribution in [2.45, 2.75) is 25.9 Å². The Morgan fingerprint density at radius 3 is 2.39 bits per heavy atom. The number of piperidine rings is 1. The smallest absolute Gasteiger partial charge is 0.321 e. The van der Waals surface area contributed by atoms with E-state index in [-0.39, 0.29) is 11.9 Å². The Kier molecular flexibility index (Phi) is 5.56. The van der Waals surface area contributed by atoms with Gasteiger partial charge in [-0.25, -0.2) is 4.79 Å². The predicted octanol–water partition coefficient (Wildman–Crippen LogP) is 1.35. The summed E-state index contributed by atoms with van der Waals surface area (Å²) in [5, 5.41) is 2.81. The molecule has 124 valence electrons. The number of carbonyl (C=O) groups is 3. The molecule has 3 N–H and O–H groups in total. The van der Waals surface area contributed by atoms with Crippen molar-refractivity contribution in [3.63, 3.8) is 0 Å². The van der Waals surface area contributed by atoms with Gasteiger partial charge in [0.05, 0.1) is 5.92 Å². The van der Waals surface area contributed by atoms with E-state index >= 15 is 0 Å². The highest BCUT2D eigenvalue weighted by molar-refractivity contribution is 5.89. The highest BCUT2D eigenvalue weighted by Crippen LogP contribution is 2.20. The Morgan fingerprint density at radius 1 is 1.22 bits per heavy atom. The zero-order chi connectivity index (χ0) is 16.8. The largest absolute Gasteiger partial charge is 0.452 e. The Labute approximate surface area is 134 Å². The minimum Gasteiger partial charge on any atom is -0.452 e. The van der Waals surface area contributed by atoms with Gasteiger partial charge in [0.2, 0.25) is 0 Å². The lowest BCUT2D eigenvalue weighted by Crippen LogP contribution is -2.43. The fraction of sp³-hybridized carbons (Fsp3) is 0.438. The van der Waals surface area contributed by atoms with Gasteiger partial charge in [0, 0.05) is 18.8 Å². The molecule has 1 saturated heterocycles. The van der Waals surface area contributed by atoms with Gasteiger partial charge in [0.25, 0.3) is 5.91 Å². The Balaban J connectivity index is 1.80. The monoisotopic (exact) mass is 319 g/mol. The van der Waals surface area contributed by atoms with E-state index in [1.54, 1.807) is 4.90 Å². The fourth-order valence-corrected chi connectivity index (χ4v) is 2.37. The standard InChI is InChI=1S/C16H21N3O4/c1-11(14(17)20)23-15(21)12-7-9-19(10-8-12)16(22)18-13-5-3-2-4-6-13/h2-6,11-12H,7-10H2,1H3,(H2,17,20)(H,18,22)/t11-/m1/s1. The van der Waals surface area contributed by atoms with Gasteiger partial charge in [-0.3, -0.25) is 9.59 Å². The number of nitrogens with zero attached hydrogens (tertiary/aromatic N) is 1. The van der Waals surface area contributed by atoms with E-state index in [1.165, 1.54) is 6.92 Å². The molecule has 1 atom stereocenters. The first kappa shape index (κ1) is 16.8. The average molecular weight is 319 g/mol. The third kappa shape index (κ3) is 4.70. The van der Waals surface area contributed by atoms with E-state index in [2.05, 4.69) is 5.32 Å². The molecule has 0 saturated carbocycles. The van der Waals surface area contributed by atoms with Crippen molar-refractivity contribution in [1.29, 1.82) is 0 Å². The highest BCUT2D eigenvalue weighted by atomic mass is 16.5. The number of nitrogens with two attached hydrogens (primary N) is 1. The zero-order valence-electron chi connectivity index (χ0n) is 13.0. The summed E-state index contributed by atoms with van der Waals surface area (Å²) in [7, 11) is 0. The van der Waals surface area contributed by atoms with Crippen LogP contribution >= 0.6 is 0 Å². The first-order valence-electron chi connectivity index (χ1n) is 7.58. The SMILES string of the molecule is C[C@@H](OC(=O)C1CCN(C(=O)Nc2ccccc2)CC1)C(N)=O. The van der Waals surface area contributed by atoms with Crippen LogP contribution < -0.4 is 11.1 Å². The second kappa shape index (κ2) is 7.62. The molecule has 7 heteroatoms. The molecule has 1 aliphatic rings. The number of hydrogen-bond donors (Lipinski definition) is 2. The molecule has 1 fully saturated rings. The van der Waals surface area contributed by atoms with Gasteiger partial charge in [0.15, 0.2) is 6.10 Å². The minimum absolute atomic E-state index is 0.187. The average Bonchev–Trinajstić information content (AvgIpc) is 2.55. The predicted molar refractivity (Wildman–Crippen MR) is 84.5 cm³/mol. The Morgan fingerprint density at radius 2 is 1.83 bits per heavy atom. The number of hydrogen-bond acceptors (Lipinski definition) is 4. The third-order valence-electron chi connectivity index (χ3n) is 3.83. The second-order valence-electron chi connectivity index (χ2n) is 5.54. The number of para-hydroxylation sites is 1. The summed E-state index contributed by atoms with van der Waals surface area (Å²) in [6, 6.07) is 9.00. The minimum atomic E-state index is -0.929.